The van der Waals surface area contributed by atoms with Crippen molar-refractivity contribution >= 4 is 34.3 Å². The summed E-state index contributed by atoms with van der Waals surface area (Å²) in [6, 6.07) is 10.3. The highest BCUT2D eigenvalue weighted by atomic mass is 35.5. The van der Waals surface area contributed by atoms with Gasteiger partial charge >= 0.3 is 0 Å². The summed E-state index contributed by atoms with van der Waals surface area (Å²) in [6.45, 7) is 1.81. The molecule has 150 valence electrons. The van der Waals surface area contributed by atoms with E-state index in [4.69, 9.17) is 11.6 Å². The highest BCUT2D eigenvalue weighted by molar-refractivity contribution is 6.31. The minimum atomic E-state index is -0.681. The minimum Gasteiger partial charge on any atom is -0.343 e. The predicted molar refractivity (Wildman–Crippen MR) is 107 cm³/mol. The third kappa shape index (κ3) is 4.78. The van der Waals surface area contributed by atoms with Crippen molar-refractivity contribution in [2.24, 2.45) is 0 Å². The van der Waals surface area contributed by atoms with Gasteiger partial charge in [-0.25, -0.2) is 9.37 Å². The molecule has 0 radical (unpaired) electrons. The average Bonchev–Trinajstić information content (AvgIpc) is 2.70. The van der Waals surface area contributed by atoms with E-state index in [-0.39, 0.29) is 24.2 Å². The van der Waals surface area contributed by atoms with E-state index in [9.17, 15) is 18.8 Å². The van der Waals surface area contributed by atoms with Crippen molar-refractivity contribution in [2.75, 3.05) is 13.1 Å². The summed E-state index contributed by atoms with van der Waals surface area (Å²) in [6.07, 6.45) is 0. The van der Waals surface area contributed by atoms with E-state index in [1.807, 2.05) is 0 Å². The number of nitrogens with zero attached hydrogens (tertiary/aromatic N) is 2. The van der Waals surface area contributed by atoms with Crippen LogP contribution in [0.2, 0.25) is 5.02 Å². The zero-order valence-corrected chi connectivity index (χ0v) is 16.3. The van der Waals surface area contributed by atoms with Crippen LogP contribution in [0.25, 0.3) is 10.9 Å². The molecule has 0 unspecified atom stereocenters. The van der Waals surface area contributed by atoms with Crippen LogP contribution in [-0.4, -0.2) is 39.8 Å². The maximum atomic E-state index is 13.7. The Hall–Kier alpha value is -3.26. The summed E-state index contributed by atoms with van der Waals surface area (Å²) in [5.74, 6) is -1.45. The lowest BCUT2D eigenvalue weighted by molar-refractivity contribution is -0.130. The van der Waals surface area contributed by atoms with Gasteiger partial charge < -0.3 is 15.2 Å². The van der Waals surface area contributed by atoms with E-state index in [2.05, 4.69) is 15.3 Å². The largest absolute Gasteiger partial charge is 0.343 e. The molecule has 1 aromatic heterocycles. The molecule has 0 atom stereocenters. The molecule has 0 saturated carbocycles. The van der Waals surface area contributed by atoms with Crippen molar-refractivity contribution in [1.29, 1.82) is 0 Å². The van der Waals surface area contributed by atoms with Crippen molar-refractivity contribution in [3.63, 3.8) is 0 Å². The third-order valence-corrected chi connectivity index (χ3v) is 4.55. The Morgan fingerprint density at radius 1 is 1.24 bits per heavy atom. The molecule has 7 nitrogen and oxygen atoms in total. The predicted octanol–water partition coefficient (Wildman–Crippen LogP) is 2.49. The van der Waals surface area contributed by atoms with Crippen LogP contribution in [0.15, 0.2) is 47.3 Å². The third-order valence-electron chi connectivity index (χ3n) is 4.31. The van der Waals surface area contributed by atoms with Gasteiger partial charge in [0.1, 0.15) is 11.6 Å². The zero-order valence-electron chi connectivity index (χ0n) is 15.5. The summed E-state index contributed by atoms with van der Waals surface area (Å²) in [5.41, 5.74) is -0.0496. The first-order valence-corrected chi connectivity index (χ1v) is 9.25. The fourth-order valence-electron chi connectivity index (χ4n) is 2.80. The van der Waals surface area contributed by atoms with Crippen molar-refractivity contribution in [2.45, 2.75) is 13.5 Å². The number of nitrogens with one attached hydrogen (secondary N) is 2. The summed E-state index contributed by atoms with van der Waals surface area (Å²) in [5, 5.41) is 3.25. The fourth-order valence-corrected chi connectivity index (χ4v) is 2.97. The van der Waals surface area contributed by atoms with Crippen LogP contribution in [0.1, 0.15) is 23.1 Å². The minimum absolute atomic E-state index is 0.0442. The lowest BCUT2D eigenvalue weighted by atomic mass is 10.2. The molecule has 3 aromatic rings. The summed E-state index contributed by atoms with van der Waals surface area (Å²) < 4.78 is 13.7. The van der Waals surface area contributed by atoms with Crippen molar-refractivity contribution in [3.8, 4) is 0 Å². The van der Waals surface area contributed by atoms with E-state index in [0.29, 0.717) is 28.3 Å². The second-order valence-electron chi connectivity index (χ2n) is 6.24. The van der Waals surface area contributed by atoms with E-state index < -0.39 is 17.6 Å². The van der Waals surface area contributed by atoms with E-state index >= 15 is 0 Å². The Balaban J connectivity index is 1.70. The molecule has 0 aliphatic rings. The van der Waals surface area contributed by atoms with E-state index in [1.165, 1.54) is 29.2 Å². The number of benzene rings is 2. The molecule has 2 amide bonds. The molecule has 0 aliphatic carbocycles. The number of halogens is 2. The molecule has 3 rings (SSSR count). The number of hydrogen-bond acceptors (Lipinski definition) is 4. The maximum absolute atomic E-state index is 13.7. The molecular formula is C20H18ClFN4O3. The number of amides is 2. The van der Waals surface area contributed by atoms with Gasteiger partial charge in [0.25, 0.3) is 11.5 Å². The highest BCUT2D eigenvalue weighted by Crippen LogP contribution is 2.15. The topological polar surface area (TPSA) is 95.2 Å². The SMILES string of the molecule is CCN(Cc1nc2cc(Cl)ccc2c(=O)[nH]1)C(=O)CNC(=O)c1ccccc1F. The molecule has 0 spiro atoms. The molecule has 0 aliphatic heterocycles. The standard InChI is InChI=1S/C20H18ClFN4O3/c1-2-26(18(27)10-23-19(28)13-5-3-4-6-15(13)22)11-17-24-16-9-12(21)7-8-14(16)20(29)25-17/h3-9H,2,10-11H2,1H3,(H,23,28)(H,24,25,29). The molecule has 9 heteroatoms. The molecule has 1 heterocycles. The lowest BCUT2D eigenvalue weighted by Gasteiger charge is -2.20. The monoisotopic (exact) mass is 416 g/mol. The van der Waals surface area contributed by atoms with E-state index in [0.717, 1.165) is 0 Å². The Labute approximate surface area is 170 Å². The van der Waals surface area contributed by atoms with Gasteiger partial charge in [-0.15, -0.1) is 0 Å². The summed E-state index contributed by atoms with van der Waals surface area (Å²) in [7, 11) is 0. The molecule has 0 fully saturated rings. The number of rotatable bonds is 6. The molecular weight excluding hydrogens is 399 g/mol. The Morgan fingerprint density at radius 3 is 2.72 bits per heavy atom. The Bertz CT molecular complexity index is 1130. The zero-order chi connectivity index (χ0) is 21.0. The van der Waals surface area contributed by atoms with E-state index in [1.54, 1.807) is 25.1 Å². The number of carbonyl (C=O) groups excluding carboxylic acids is 2. The highest BCUT2D eigenvalue weighted by Gasteiger charge is 2.17. The van der Waals surface area contributed by atoms with Crippen LogP contribution in [0.4, 0.5) is 4.39 Å². The second kappa shape index (κ2) is 8.83. The lowest BCUT2D eigenvalue weighted by Crippen LogP contribution is -2.40. The molecule has 29 heavy (non-hydrogen) atoms. The maximum Gasteiger partial charge on any atom is 0.258 e. The van der Waals surface area contributed by atoms with Gasteiger partial charge in [-0.3, -0.25) is 14.4 Å². The summed E-state index contributed by atoms with van der Waals surface area (Å²) >= 11 is 5.96. The number of aromatic nitrogens is 2. The van der Waals surface area contributed by atoms with Crippen molar-refractivity contribution in [3.05, 3.63) is 75.0 Å². The first kappa shape index (κ1) is 20.5. The van der Waals surface area contributed by atoms with Gasteiger partial charge in [0.05, 0.1) is 29.6 Å². The van der Waals surface area contributed by atoms with Gasteiger partial charge in [0.15, 0.2) is 0 Å². The number of carbonyl (C=O) groups is 2. The normalized spacial score (nSPS) is 10.7. The van der Waals surface area contributed by atoms with Crippen molar-refractivity contribution in [1.82, 2.24) is 20.2 Å². The van der Waals surface area contributed by atoms with Gasteiger partial charge in [-0.2, -0.15) is 0 Å². The van der Waals surface area contributed by atoms with Gasteiger partial charge in [0, 0.05) is 11.6 Å². The van der Waals surface area contributed by atoms with Crippen LogP contribution >= 0.6 is 11.6 Å². The van der Waals surface area contributed by atoms with Gasteiger partial charge in [-0.1, -0.05) is 23.7 Å². The number of hydrogen-bond donors (Lipinski definition) is 2. The molecule has 0 saturated heterocycles. The van der Waals surface area contributed by atoms with Crippen LogP contribution < -0.4 is 10.9 Å². The molecule has 2 N–H and O–H groups in total. The number of likely N-dealkylation sites (N-methyl/N-ethyl adjacent to an activating group) is 1. The number of H-pyrrole nitrogens is 1. The van der Waals surface area contributed by atoms with Gasteiger partial charge in [0.2, 0.25) is 5.91 Å². The number of aromatic amines is 1. The average molecular weight is 417 g/mol. The number of fused-ring (bicyclic) bond motifs is 1. The van der Waals surface area contributed by atoms with Crippen LogP contribution in [0.3, 0.4) is 0 Å². The van der Waals surface area contributed by atoms with Gasteiger partial charge in [-0.05, 0) is 37.3 Å². The molecule has 2 aromatic carbocycles. The first-order chi connectivity index (χ1) is 13.9. The quantitative estimate of drug-likeness (QED) is 0.645. The van der Waals surface area contributed by atoms with Crippen LogP contribution in [-0.2, 0) is 11.3 Å². The summed E-state index contributed by atoms with van der Waals surface area (Å²) in [4.78, 5) is 45.2. The van der Waals surface area contributed by atoms with Crippen LogP contribution in [0.5, 0.6) is 0 Å². The first-order valence-electron chi connectivity index (χ1n) is 8.88. The second-order valence-corrected chi connectivity index (χ2v) is 6.68. The Kier molecular flexibility index (Phi) is 6.23. The van der Waals surface area contributed by atoms with Crippen molar-refractivity contribution < 1.29 is 14.0 Å². The van der Waals surface area contributed by atoms with Crippen LogP contribution in [0, 0.1) is 5.82 Å². The Morgan fingerprint density at radius 2 is 2.00 bits per heavy atom. The smallest absolute Gasteiger partial charge is 0.258 e. The fraction of sp³-hybridized carbons (Fsp3) is 0.200. The molecule has 0 bridgehead atoms.